The number of rotatable bonds is 8. The van der Waals surface area contributed by atoms with Gasteiger partial charge in [-0.2, -0.15) is 35.1 Å². The second-order valence-electron chi connectivity index (χ2n) is 8.58. The van der Waals surface area contributed by atoms with Crippen molar-refractivity contribution in [2.45, 2.75) is 0 Å². The Balaban J connectivity index is 2.18. The van der Waals surface area contributed by atoms with Crippen LogP contribution in [0.2, 0.25) is 0 Å². The van der Waals surface area contributed by atoms with Crippen LogP contribution in [-0.4, -0.2) is 0 Å². The van der Waals surface area contributed by atoms with E-state index in [0.29, 0.717) is 0 Å². The van der Waals surface area contributed by atoms with E-state index < -0.39 is 151 Å². The minimum atomic E-state index is -3.13. The van der Waals surface area contributed by atoms with Crippen LogP contribution in [0.5, 0.6) is 23.0 Å². The van der Waals surface area contributed by atoms with Gasteiger partial charge in [-0.3, -0.25) is 0 Å². The lowest BCUT2D eigenvalue weighted by Gasteiger charge is -2.19. The molecule has 0 aliphatic rings. The second kappa shape index (κ2) is 13.4. The topological polar surface area (TPSA) is 36.9 Å². The summed E-state index contributed by atoms with van der Waals surface area (Å²) in [4.78, 5) is 0. The summed E-state index contributed by atoms with van der Waals surface area (Å²) in [5, 5.41) is 0. The fraction of sp³-hybridized carbons (Fsp3) is 0. The molecule has 0 amide bonds. The van der Waals surface area contributed by atoms with Gasteiger partial charge in [0, 0.05) is 0 Å². The predicted molar refractivity (Wildman–Crippen MR) is 114 cm³/mol. The minimum absolute atomic E-state index is 2.88. The molecule has 0 saturated carbocycles. The third-order valence-corrected chi connectivity index (χ3v) is 5.62. The highest BCUT2D eigenvalue weighted by molar-refractivity contribution is 5.37. The van der Waals surface area contributed by atoms with Gasteiger partial charge in [-0.05, 0) is 0 Å². The van der Waals surface area contributed by atoms with Gasteiger partial charge in [0.05, 0.1) is 0 Å². The quantitative estimate of drug-likeness (QED) is 0.0779. The molecule has 0 fully saturated rings. The normalized spacial score (nSPS) is 11.2. The Bertz CT molecular complexity index is 1720. The molecule has 0 spiro atoms. The highest BCUT2D eigenvalue weighted by Crippen LogP contribution is 2.38. The van der Waals surface area contributed by atoms with E-state index in [9.17, 15) is 87.8 Å². The summed E-state index contributed by atoms with van der Waals surface area (Å²) in [7, 11) is 0. The maximum Gasteiger partial charge on any atom is 0.376 e. The van der Waals surface area contributed by atoms with E-state index >= 15 is 0 Å². The average Bonchev–Trinajstić information content (AvgIpc) is 3.10. The van der Waals surface area contributed by atoms with E-state index in [2.05, 4.69) is 18.9 Å². The van der Waals surface area contributed by atoms with Crippen molar-refractivity contribution in [2.75, 3.05) is 0 Å². The van der Waals surface area contributed by atoms with Gasteiger partial charge in [-0.15, -0.1) is 0 Å². The molecule has 4 nitrogen and oxygen atoms in total. The summed E-state index contributed by atoms with van der Waals surface area (Å²) in [5.41, 5.74) is 0. The molecule has 0 heterocycles. The van der Waals surface area contributed by atoms with E-state index in [1.165, 1.54) is 0 Å². The zero-order valence-corrected chi connectivity index (χ0v) is 22.2. The molecule has 0 N–H and O–H groups in total. The van der Waals surface area contributed by atoms with Crippen LogP contribution in [0.1, 0.15) is 0 Å². The van der Waals surface area contributed by atoms with Crippen molar-refractivity contribution in [3.8, 4) is 23.0 Å². The Hall–Kier alpha value is -5.58. The monoisotopic (exact) mass is 756 g/mol. The largest absolute Gasteiger partial charge is 0.414 e. The number of benzene rings is 4. The van der Waals surface area contributed by atoms with Gasteiger partial charge in [-0.25, -0.2) is 52.7 Å². The summed E-state index contributed by atoms with van der Waals surface area (Å²) in [6.07, 6.45) is 0. The summed E-state index contributed by atoms with van der Waals surface area (Å²) >= 11 is 0. The Labute approximate surface area is 258 Å². The molecule has 50 heavy (non-hydrogen) atoms. The van der Waals surface area contributed by atoms with Gasteiger partial charge < -0.3 is 18.9 Å². The molecule has 0 aromatic heterocycles. The standard InChI is InChI=1S/C26F20O4/c27-1-5(31)13(39)21(14(40)6(1)32)47-25(48-22-15(41)7(33)2(28)8(34)16(22)42)26(49-23-17(43)9(35)3(29)10(36)18(23)44)50-24-19(45)11(37)4(30)12(38)20(24)46. The molecule has 4 aromatic carbocycles. The zero-order valence-electron chi connectivity index (χ0n) is 22.2. The highest BCUT2D eigenvalue weighted by atomic mass is 19.2. The number of hydrogen-bond acceptors (Lipinski definition) is 4. The first-order chi connectivity index (χ1) is 23.1. The molecule has 4 rings (SSSR count). The maximum absolute atomic E-state index is 14.5. The fourth-order valence-electron chi connectivity index (χ4n) is 3.28. The molecule has 0 radical (unpaired) electrons. The van der Waals surface area contributed by atoms with E-state index in [4.69, 9.17) is 0 Å². The molecule has 0 aliphatic carbocycles. The smallest absolute Gasteiger partial charge is 0.376 e. The SMILES string of the molecule is Fc1c(F)c(F)c(OC(Oc2c(F)c(F)c(F)c(F)c2F)=C(Oc2c(F)c(F)c(F)c(F)c2F)Oc2c(F)c(F)c(F)c(F)c2F)c(F)c1F. The van der Waals surface area contributed by atoms with Gasteiger partial charge in [0.25, 0.3) is 0 Å². The highest BCUT2D eigenvalue weighted by Gasteiger charge is 2.37. The van der Waals surface area contributed by atoms with Crippen molar-refractivity contribution in [1.29, 1.82) is 0 Å². The minimum Gasteiger partial charge on any atom is -0.414 e. The predicted octanol–water partition coefficient (Wildman–Crippen LogP) is 9.21. The van der Waals surface area contributed by atoms with E-state index in [1.54, 1.807) is 0 Å². The Morgan fingerprint density at radius 2 is 0.280 bits per heavy atom. The zero-order chi connectivity index (χ0) is 37.8. The molecular formula is C26F20O4. The van der Waals surface area contributed by atoms with Gasteiger partial charge in [0.15, 0.2) is 0 Å². The van der Waals surface area contributed by atoms with E-state index in [-0.39, 0.29) is 0 Å². The van der Waals surface area contributed by atoms with Crippen LogP contribution in [0.3, 0.4) is 0 Å². The Morgan fingerprint density at radius 1 is 0.180 bits per heavy atom. The van der Waals surface area contributed by atoms with E-state index in [1.807, 2.05) is 0 Å². The Morgan fingerprint density at radius 3 is 0.400 bits per heavy atom. The van der Waals surface area contributed by atoms with Gasteiger partial charge in [-0.1, -0.05) is 0 Å². The molecule has 0 aliphatic heterocycles. The third-order valence-electron chi connectivity index (χ3n) is 5.62. The lowest BCUT2D eigenvalue weighted by molar-refractivity contribution is 0.106. The first-order valence-electron chi connectivity index (χ1n) is 11.7. The van der Waals surface area contributed by atoms with Crippen LogP contribution in [0.25, 0.3) is 0 Å². The number of hydrogen-bond donors (Lipinski definition) is 0. The molecule has 0 saturated heterocycles. The first kappa shape index (κ1) is 37.2. The van der Waals surface area contributed by atoms with Crippen LogP contribution in [0.15, 0.2) is 11.9 Å². The third kappa shape index (κ3) is 5.97. The number of ether oxygens (including phenoxy) is 4. The fourth-order valence-corrected chi connectivity index (χ4v) is 3.28. The van der Waals surface area contributed by atoms with E-state index in [0.717, 1.165) is 0 Å². The van der Waals surface area contributed by atoms with Crippen molar-refractivity contribution in [3.63, 3.8) is 0 Å². The first-order valence-corrected chi connectivity index (χ1v) is 11.7. The Kier molecular flexibility index (Phi) is 9.97. The van der Waals surface area contributed by atoms with Gasteiger partial charge in [0.1, 0.15) is 0 Å². The van der Waals surface area contributed by atoms with Crippen LogP contribution < -0.4 is 18.9 Å². The lowest BCUT2D eigenvalue weighted by Crippen LogP contribution is -2.21. The molecule has 4 aromatic rings. The van der Waals surface area contributed by atoms with Crippen molar-refractivity contribution in [3.05, 3.63) is 128 Å². The van der Waals surface area contributed by atoms with Crippen molar-refractivity contribution >= 4 is 0 Å². The van der Waals surface area contributed by atoms with Crippen LogP contribution in [0, 0.1) is 116 Å². The van der Waals surface area contributed by atoms with Crippen LogP contribution >= 0.6 is 0 Å². The summed E-state index contributed by atoms with van der Waals surface area (Å²) < 4.78 is 297. The second-order valence-corrected chi connectivity index (χ2v) is 8.58. The maximum atomic E-state index is 14.5. The van der Waals surface area contributed by atoms with Crippen molar-refractivity contribution in [1.82, 2.24) is 0 Å². The van der Waals surface area contributed by atoms with Crippen LogP contribution in [0.4, 0.5) is 87.8 Å². The molecule has 0 unspecified atom stereocenters. The molecule has 268 valence electrons. The van der Waals surface area contributed by atoms with Crippen molar-refractivity contribution in [2.24, 2.45) is 0 Å². The lowest BCUT2D eigenvalue weighted by atomic mass is 10.2. The molecular weight excluding hydrogens is 756 g/mol. The summed E-state index contributed by atoms with van der Waals surface area (Å²) in [6.45, 7) is 0. The molecule has 0 atom stereocenters. The summed E-state index contributed by atoms with van der Waals surface area (Å²) in [5.74, 6) is -79.5. The van der Waals surface area contributed by atoms with Crippen molar-refractivity contribution < 1.29 is 107 Å². The van der Waals surface area contributed by atoms with Crippen LogP contribution in [-0.2, 0) is 0 Å². The van der Waals surface area contributed by atoms with Gasteiger partial charge in [0.2, 0.25) is 139 Å². The average molecular weight is 756 g/mol. The molecule has 0 bridgehead atoms. The van der Waals surface area contributed by atoms with Gasteiger partial charge >= 0.3 is 11.9 Å². The molecule has 24 heteroatoms. The number of halogens is 20. The summed E-state index contributed by atoms with van der Waals surface area (Å²) in [6, 6.07) is 0.